The molecule has 0 saturated heterocycles. The van der Waals surface area contributed by atoms with Gasteiger partial charge in [-0.3, -0.25) is 0 Å². The van der Waals surface area contributed by atoms with E-state index in [4.69, 9.17) is 4.74 Å². The minimum atomic E-state index is 0.649. The zero-order valence-electron chi connectivity index (χ0n) is 10.2. The quantitative estimate of drug-likeness (QED) is 0.875. The maximum absolute atomic E-state index is 5.75. The lowest BCUT2D eigenvalue weighted by Crippen LogP contribution is -2.02. The predicted molar refractivity (Wildman–Crippen MR) is 72.6 cm³/mol. The van der Waals surface area contributed by atoms with Crippen LogP contribution in [0.2, 0.25) is 0 Å². The Morgan fingerprint density at radius 2 is 2.00 bits per heavy atom. The summed E-state index contributed by atoms with van der Waals surface area (Å²) in [4.78, 5) is 2.70. The highest BCUT2D eigenvalue weighted by atomic mass is 32.1. The summed E-state index contributed by atoms with van der Waals surface area (Å²) >= 11 is 1.83. The first-order chi connectivity index (χ1) is 8.29. The summed E-state index contributed by atoms with van der Waals surface area (Å²) in [6, 6.07) is 12.2. The van der Waals surface area contributed by atoms with Crippen molar-refractivity contribution in [3.63, 3.8) is 0 Å². The highest BCUT2D eigenvalue weighted by Gasteiger charge is 2.05. The van der Waals surface area contributed by atoms with Crippen molar-refractivity contribution in [2.24, 2.45) is 0 Å². The molecule has 0 aliphatic heterocycles. The fourth-order valence-electron chi connectivity index (χ4n) is 1.67. The summed E-state index contributed by atoms with van der Waals surface area (Å²) in [6.45, 7) is 3.72. The number of thiophene rings is 1. The molecule has 17 heavy (non-hydrogen) atoms. The summed E-state index contributed by atoms with van der Waals surface area (Å²) in [7, 11) is 1.97. The fourth-order valence-corrected chi connectivity index (χ4v) is 2.73. The summed E-state index contributed by atoms with van der Waals surface area (Å²) in [5.74, 6) is 0.924. The van der Waals surface area contributed by atoms with Gasteiger partial charge < -0.3 is 10.1 Å². The van der Waals surface area contributed by atoms with Gasteiger partial charge in [0.1, 0.15) is 12.4 Å². The molecule has 0 radical (unpaired) electrons. The second-order valence-electron chi connectivity index (χ2n) is 3.93. The average molecular weight is 247 g/mol. The second kappa shape index (κ2) is 5.84. The number of nitrogens with one attached hydrogen (secondary N) is 1. The summed E-state index contributed by atoms with van der Waals surface area (Å²) in [5.41, 5.74) is 1.28. The van der Waals surface area contributed by atoms with Crippen molar-refractivity contribution in [1.29, 1.82) is 0 Å². The lowest BCUT2D eigenvalue weighted by molar-refractivity contribution is 0.306. The largest absolute Gasteiger partial charge is 0.489 e. The number of rotatable bonds is 5. The van der Waals surface area contributed by atoms with E-state index < -0.39 is 0 Å². The number of benzene rings is 1. The Bertz CT molecular complexity index is 464. The van der Waals surface area contributed by atoms with E-state index in [1.165, 1.54) is 15.3 Å². The zero-order valence-corrected chi connectivity index (χ0v) is 11.0. The molecule has 1 aromatic carbocycles. The van der Waals surface area contributed by atoms with Gasteiger partial charge in [0.25, 0.3) is 0 Å². The van der Waals surface area contributed by atoms with E-state index in [0.717, 1.165) is 12.3 Å². The molecule has 90 valence electrons. The van der Waals surface area contributed by atoms with Gasteiger partial charge in [0.2, 0.25) is 0 Å². The van der Waals surface area contributed by atoms with E-state index in [2.05, 4.69) is 18.3 Å². The molecule has 1 aromatic heterocycles. The normalized spacial score (nSPS) is 10.5. The van der Waals surface area contributed by atoms with Crippen molar-refractivity contribution in [3.8, 4) is 5.75 Å². The molecule has 0 amide bonds. The molecule has 2 rings (SSSR count). The van der Waals surface area contributed by atoms with Crippen LogP contribution in [0.25, 0.3) is 0 Å². The fraction of sp³-hybridized carbons (Fsp3) is 0.286. The van der Waals surface area contributed by atoms with E-state index in [1.54, 1.807) is 0 Å². The van der Waals surface area contributed by atoms with Gasteiger partial charge in [0.15, 0.2) is 0 Å². The molecule has 0 bridgehead atoms. The minimum absolute atomic E-state index is 0.649. The van der Waals surface area contributed by atoms with Crippen LogP contribution < -0.4 is 10.1 Å². The van der Waals surface area contributed by atoms with E-state index in [0.29, 0.717) is 6.61 Å². The monoisotopic (exact) mass is 247 g/mol. The van der Waals surface area contributed by atoms with E-state index in [1.807, 2.05) is 48.7 Å². The number of hydrogen-bond acceptors (Lipinski definition) is 3. The van der Waals surface area contributed by atoms with Crippen LogP contribution in [-0.2, 0) is 13.2 Å². The van der Waals surface area contributed by atoms with Crippen LogP contribution in [0.3, 0.4) is 0 Å². The predicted octanol–water partition coefficient (Wildman–Crippen LogP) is 3.35. The van der Waals surface area contributed by atoms with Crippen molar-refractivity contribution < 1.29 is 4.74 Å². The summed E-state index contributed by atoms with van der Waals surface area (Å²) in [6.07, 6.45) is 0. The molecule has 0 aliphatic carbocycles. The first-order valence-corrected chi connectivity index (χ1v) is 6.52. The molecule has 3 heteroatoms. The smallest absolute Gasteiger partial charge is 0.119 e. The van der Waals surface area contributed by atoms with Crippen molar-refractivity contribution in [3.05, 3.63) is 51.7 Å². The van der Waals surface area contributed by atoms with Gasteiger partial charge in [-0.2, -0.15) is 0 Å². The van der Waals surface area contributed by atoms with Crippen LogP contribution >= 0.6 is 11.3 Å². The number of hydrogen-bond donors (Lipinski definition) is 1. The highest BCUT2D eigenvalue weighted by molar-refractivity contribution is 7.12. The van der Waals surface area contributed by atoms with Crippen molar-refractivity contribution in [2.45, 2.75) is 20.1 Å². The van der Waals surface area contributed by atoms with Crippen LogP contribution in [0.15, 0.2) is 36.4 Å². The van der Waals surface area contributed by atoms with Gasteiger partial charge in [-0.05, 0) is 32.2 Å². The molecule has 0 saturated carbocycles. The Morgan fingerprint density at radius 3 is 2.71 bits per heavy atom. The van der Waals surface area contributed by atoms with Gasteiger partial charge in [0, 0.05) is 21.9 Å². The Morgan fingerprint density at radius 1 is 1.24 bits per heavy atom. The van der Waals surface area contributed by atoms with E-state index in [9.17, 15) is 0 Å². The maximum atomic E-state index is 5.75. The van der Waals surface area contributed by atoms with E-state index >= 15 is 0 Å². The highest BCUT2D eigenvalue weighted by Crippen LogP contribution is 2.23. The Kier molecular flexibility index (Phi) is 4.18. The van der Waals surface area contributed by atoms with Crippen LogP contribution in [0.5, 0.6) is 5.75 Å². The topological polar surface area (TPSA) is 21.3 Å². The molecule has 0 unspecified atom stereocenters. The van der Waals surface area contributed by atoms with Gasteiger partial charge in [-0.1, -0.05) is 18.2 Å². The number of para-hydroxylation sites is 1. The van der Waals surface area contributed by atoms with E-state index in [-0.39, 0.29) is 0 Å². The summed E-state index contributed by atoms with van der Waals surface area (Å²) in [5, 5.41) is 3.17. The molecule has 0 aliphatic rings. The molecule has 0 atom stereocenters. The molecular formula is C14H17NOS. The first kappa shape index (κ1) is 12.1. The number of aryl methyl sites for hydroxylation is 1. The third-order valence-corrected chi connectivity index (χ3v) is 3.65. The molecule has 1 heterocycles. The Hall–Kier alpha value is -1.32. The van der Waals surface area contributed by atoms with Crippen LogP contribution in [-0.4, -0.2) is 7.05 Å². The van der Waals surface area contributed by atoms with Crippen LogP contribution in [0.4, 0.5) is 0 Å². The third kappa shape index (κ3) is 3.32. The van der Waals surface area contributed by atoms with Crippen molar-refractivity contribution in [2.75, 3.05) is 7.05 Å². The minimum Gasteiger partial charge on any atom is -0.489 e. The van der Waals surface area contributed by atoms with Gasteiger partial charge in [-0.15, -0.1) is 11.3 Å². The van der Waals surface area contributed by atoms with Crippen molar-refractivity contribution >= 4 is 11.3 Å². The average Bonchev–Trinajstić information content (AvgIpc) is 2.69. The van der Waals surface area contributed by atoms with Gasteiger partial charge in [-0.25, -0.2) is 0 Å². The molecule has 0 spiro atoms. The lowest BCUT2D eigenvalue weighted by atomic mass is 10.2. The Balaban J connectivity index is 1.99. The first-order valence-electron chi connectivity index (χ1n) is 5.70. The van der Waals surface area contributed by atoms with Gasteiger partial charge in [0.05, 0.1) is 0 Å². The Labute approximate surface area is 106 Å². The second-order valence-corrected chi connectivity index (χ2v) is 5.27. The van der Waals surface area contributed by atoms with Gasteiger partial charge >= 0.3 is 0 Å². The number of ether oxygens (including phenoxy) is 1. The maximum Gasteiger partial charge on any atom is 0.119 e. The molecule has 1 N–H and O–H groups in total. The summed E-state index contributed by atoms with van der Waals surface area (Å²) < 4.78 is 5.75. The molecule has 0 fully saturated rings. The standard InChI is InChI=1S/C14H17NOS/c1-11-12(8-14(17-11)9-15-2)10-16-13-6-4-3-5-7-13/h3-8,15H,9-10H2,1-2H3. The van der Waals surface area contributed by atoms with Crippen LogP contribution in [0.1, 0.15) is 15.3 Å². The third-order valence-electron chi connectivity index (χ3n) is 2.56. The van der Waals surface area contributed by atoms with Crippen molar-refractivity contribution in [1.82, 2.24) is 5.32 Å². The molecule has 2 nitrogen and oxygen atoms in total. The lowest BCUT2D eigenvalue weighted by Gasteiger charge is -2.04. The zero-order chi connectivity index (χ0) is 12.1. The molecule has 2 aromatic rings. The van der Waals surface area contributed by atoms with Crippen LogP contribution in [0, 0.1) is 6.92 Å². The SMILES string of the molecule is CNCc1cc(COc2ccccc2)c(C)s1. The molecular weight excluding hydrogens is 230 g/mol.